The molecule has 0 spiro atoms. The van der Waals surface area contributed by atoms with Crippen LogP contribution in [0.3, 0.4) is 0 Å². The van der Waals surface area contributed by atoms with Crippen LogP contribution < -0.4 is 4.90 Å². The third kappa shape index (κ3) is 4.60. The van der Waals surface area contributed by atoms with Gasteiger partial charge in [0.1, 0.15) is 11.5 Å². The Balaban J connectivity index is 1.61. The average Bonchev–Trinajstić information content (AvgIpc) is 3.18. The van der Waals surface area contributed by atoms with E-state index in [0.717, 1.165) is 31.2 Å². The van der Waals surface area contributed by atoms with E-state index in [1.165, 1.54) is 29.7 Å². The highest BCUT2D eigenvalue weighted by Crippen LogP contribution is 2.42. The van der Waals surface area contributed by atoms with Crippen molar-refractivity contribution in [3.63, 3.8) is 0 Å². The number of carbonyl (C=O) groups is 3. The number of anilines is 1. The van der Waals surface area contributed by atoms with Crippen molar-refractivity contribution in [2.24, 2.45) is 0 Å². The number of aliphatic hydroxyl groups is 1. The molecule has 7 heteroatoms. The molecule has 1 amide bonds. The fourth-order valence-electron chi connectivity index (χ4n) is 5.12. The molecule has 7 nitrogen and oxygen atoms in total. The summed E-state index contributed by atoms with van der Waals surface area (Å²) in [7, 11) is 1.32. The average molecular weight is 498 g/mol. The maximum absolute atomic E-state index is 13.4. The highest BCUT2D eigenvalue weighted by molar-refractivity contribution is 6.51. The smallest absolute Gasteiger partial charge is 0.309 e. The first-order valence-electron chi connectivity index (χ1n) is 12.2. The van der Waals surface area contributed by atoms with Crippen LogP contribution in [0.15, 0.2) is 72.3 Å². The lowest BCUT2D eigenvalue weighted by Gasteiger charge is -2.26. The zero-order valence-corrected chi connectivity index (χ0v) is 20.4. The molecule has 3 aromatic carbocycles. The molecule has 3 aromatic rings. The van der Waals surface area contributed by atoms with Gasteiger partial charge >= 0.3 is 5.97 Å². The number of hydrogen-bond acceptors (Lipinski definition) is 6. The van der Waals surface area contributed by atoms with Crippen LogP contribution in [0.5, 0.6) is 5.75 Å². The van der Waals surface area contributed by atoms with Crippen LogP contribution in [0, 0.1) is 0 Å². The van der Waals surface area contributed by atoms with Gasteiger partial charge in [0.15, 0.2) is 0 Å². The van der Waals surface area contributed by atoms with E-state index in [-0.39, 0.29) is 29.5 Å². The Kier molecular flexibility index (Phi) is 6.53. The van der Waals surface area contributed by atoms with Crippen molar-refractivity contribution in [1.29, 1.82) is 0 Å². The number of benzene rings is 3. The van der Waals surface area contributed by atoms with Gasteiger partial charge in [-0.3, -0.25) is 19.3 Å². The molecule has 1 aliphatic heterocycles. The van der Waals surface area contributed by atoms with E-state index in [1.807, 2.05) is 12.1 Å². The van der Waals surface area contributed by atoms with Crippen LogP contribution >= 0.6 is 0 Å². The zero-order chi connectivity index (χ0) is 26.1. The molecule has 1 saturated heterocycles. The molecule has 1 fully saturated rings. The number of nitrogens with zero attached hydrogens (tertiary/aromatic N) is 1. The van der Waals surface area contributed by atoms with Crippen LogP contribution in [0.1, 0.15) is 46.7 Å². The number of esters is 1. The molecule has 0 bridgehead atoms. The first-order chi connectivity index (χ1) is 17.9. The molecule has 1 aliphatic carbocycles. The number of hydrogen-bond donors (Lipinski definition) is 2. The Bertz CT molecular complexity index is 1400. The van der Waals surface area contributed by atoms with Gasteiger partial charge in [-0.05, 0) is 78.3 Å². The predicted molar refractivity (Wildman–Crippen MR) is 138 cm³/mol. The van der Waals surface area contributed by atoms with Gasteiger partial charge < -0.3 is 14.9 Å². The normalized spacial score (nSPS) is 18.5. The third-order valence-corrected chi connectivity index (χ3v) is 7.07. The number of aromatic hydroxyl groups is 1. The van der Waals surface area contributed by atoms with Crippen LogP contribution in [0.4, 0.5) is 5.69 Å². The minimum Gasteiger partial charge on any atom is -0.508 e. The topological polar surface area (TPSA) is 104 Å². The summed E-state index contributed by atoms with van der Waals surface area (Å²) in [6.45, 7) is 0. The van der Waals surface area contributed by atoms with E-state index in [9.17, 15) is 24.6 Å². The standard InChI is InChI=1S/C30H27NO6/c1-37-25(33)16-18-6-12-23(13-7-18)31-27(20-10-14-24(32)15-11-20)26(29(35)30(31)36)28(34)22-9-8-19-4-2-3-5-21(19)17-22/h6-15,17,27,32,34H,2-5,16H2,1H3/b28-26-. The minimum absolute atomic E-state index is 0.00918. The second-order valence-electron chi connectivity index (χ2n) is 9.37. The number of fused-ring (bicyclic) bond motifs is 1. The van der Waals surface area contributed by atoms with Gasteiger partial charge in [0.25, 0.3) is 11.7 Å². The van der Waals surface area contributed by atoms with E-state index in [1.54, 1.807) is 42.5 Å². The second kappa shape index (κ2) is 9.93. The summed E-state index contributed by atoms with van der Waals surface area (Å²) in [6.07, 6.45) is 4.17. The third-order valence-electron chi connectivity index (χ3n) is 7.07. The summed E-state index contributed by atoms with van der Waals surface area (Å²) in [4.78, 5) is 39.7. The lowest BCUT2D eigenvalue weighted by molar-refractivity contribution is -0.139. The van der Waals surface area contributed by atoms with E-state index in [0.29, 0.717) is 22.4 Å². The van der Waals surface area contributed by atoms with Gasteiger partial charge in [-0.1, -0.05) is 36.4 Å². The summed E-state index contributed by atoms with van der Waals surface area (Å²) >= 11 is 0. The summed E-state index contributed by atoms with van der Waals surface area (Å²) in [6, 6.07) is 17.7. The van der Waals surface area contributed by atoms with Gasteiger partial charge in [-0.15, -0.1) is 0 Å². The van der Waals surface area contributed by atoms with E-state index in [4.69, 9.17) is 4.74 Å². The molecule has 5 rings (SSSR count). The van der Waals surface area contributed by atoms with E-state index in [2.05, 4.69) is 0 Å². The number of carbonyl (C=O) groups excluding carboxylic acids is 3. The lowest BCUT2D eigenvalue weighted by atomic mass is 9.88. The largest absolute Gasteiger partial charge is 0.508 e. The number of aryl methyl sites for hydroxylation is 2. The number of amides is 1. The molecule has 188 valence electrons. The molecule has 2 N–H and O–H groups in total. The summed E-state index contributed by atoms with van der Waals surface area (Å²) in [5.41, 5.74) is 4.58. The van der Waals surface area contributed by atoms with Gasteiger partial charge in [-0.2, -0.15) is 0 Å². The molecule has 0 aromatic heterocycles. The summed E-state index contributed by atoms with van der Waals surface area (Å²) < 4.78 is 4.71. The Hall–Kier alpha value is -4.39. The molecular weight excluding hydrogens is 470 g/mol. The Morgan fingerprint density at radius 2 is 1.62 bits per heavy atom. The first kappa shape index (κ1) is 24.3. The molecule has 2 aliphatic rings. The highest BCUT2D eigenvalue weighted by Gasteiger charge is 2.47. The molecule has 1 heterocycles. The number of ether oxygens (including phenoxy) is 1. The SMILES string of the molecule is COC(=O)Cc1ccc(N2C(=O)C(=O)/C(=C(\O)c3ccc4c(c3)CCCC4)C2c2ccc(O)cc2)cc1. The fourth-order valence-corrected chi connectivity index (χ4v) is 5.12. The highest BCUT2D eigenvalue weighted by atomic mass is 16.5. The zero-order valence-electron chi connectivity index (χ0n) is 20.4. The van der Waals surface area contributed by atoms with E-state index < -0.39 is 17.7 Å². The van der Waals surface area contributed by atoms with Crippen molar-refractivity contribution in [3.8, 4) is 5.75 Å². The molecule has 0 radical (unpaired) electrons. The number of Topliss-reactive ketones (excluding diaryl/α,β-unsaturated/α-hetero) is 1. The van der Waals surface area contributed by atoms with Crippen molar-refractivity contribution in [2.45, 2.75) is 38.1 Å². The van der Waals surface area contributed by atoms with Gasteiger partial charge in [-0.25, -0.2) is 0 Å². The molecule has 1 unspecified atom stereocenters. The maximum atomic E-state index is 13.4. The van der Waals surface area contributed by atoms with Crippen molar-refractivity contribution in [1.82, 2.24) is 0 Å². The molecule has 0 saturated carbocycles. The number of methoxy groups -OCH3 is 1. The maximum Gasteiger partial charge on any atom is 0.309 e. The number of aliphatic hydroxyl groups excluding tert-OH is 1. The van der Waals surface area contributed by atoms with Crippen molar-refractivity contribution in [2.75, 3.05) is 12.0 Å². The summed E-state index contributed by atoms with van der Waals surface area (Å²) in [5.74, 6) is -2.12. The van der Waals surface area contributed by atoms with Crippen molar-refractivity contribution >= 4 is 29.1 Å². The lowest BCUT2D eigenvalue weighted by Crippen LogP contribution is -2.29. The van der Waals surface area contributed by atoms with Crippen LogP contribution in [-0.4, -0.2) is 35.0 Å². The van der Waals surface area contributed by atoms with Gasteiger partial charge in [0, 0.05) is 11.3 Å². The Morgan fingerprint density at radius 3 is 2.30 bits per heavy atom. The van der Waals surface area contributed by atoms with Gasteiger partial charge in [0.2, 0.25) is 0 Å². The molecular formula is C30H27NO6. The number of phenols is 1. The Morgan fingerprint density at radius 1 is 0.946 bits per heavy atom. The van der Waals surface area contributed by atoms with E-state index >= 15 is 0 Å². The van der Waals surface area contributed by atoms with Crippen molar-refractivity contribution in [3.05, 3.63) is 100 Å². The summed E-state index contributed by atoms with van der Waals surface area (Å²) in [5, 5.41) is 21.2. The van der Waals surface area contributed by atoms with Crippen molar-refractivity contribution < 1.29 is 29.3 Å². The fraction of sp³-hybridized carbons (Fsp3) is 0.233. The Labute approximate surface area is 214 Å². The second-order valence-corrected chi connectivity index (χ2v) is 9.37. The van der Waals surface area contributed by atoms with Crippen LogP contribution in [0.2, 0.25) is 0 Å². The van der Waals surface area contributed by atoms with Gasteiger partial charge in [0.05, 0.1) is 25.1 Å². The number of rotatable bonds is 5. The van der Waals surface area contributed by atoms with Crippen LogP contribution in [0.25, 0.3) is 5.76 Å². The first-order valence-corrected chi connectivity index (χ1v) is 12.2. The number of ketones is 1. The minimum atomic E-state index is -0.900. The number of phenolic OH excluding ortho intramolecular Hbond substituents is 1. The quantitative estimate of drug-likeness (QED) is 0.231. The molecule has 37 heavy (non-hydrogen) atoms. The predicted octanol–water partition coefficient (Wildman–Crippen LogP) is 4.61. The molecule has 1 atom stereocenters. The van der Waals surface area contributed by atoms with Crippen LogP contribution in [-0.2, 0) is 38.4 Å². The monoisotopic (exact) mass is 497 g/mol.